The third kappa shape index (κ3) is 4.49. The molecule has 0 saturated carbocycles. The Morgan fingerprint density at radius 1 is 1.25 bits per heavy atom. The molecule has 1 atom stereocenters. The maximum absolute atomic E-state index is 12.6. The summed E-state index contributed by atoms with van der Waals surface area (Å²) in [4.78, 5) is 0. The Kier molecular flexibility index (Phi) is 6.49. The molecule has 2 N–H and O–H groups in total. The molecular weight excluding hydrogens is 272 g/mol. The lowest BCUT2D eigenvalue weighted by Gasteiger charge is -2.27. The number of anilines is 1. The zero-order chi connectivity index (χ0) is 15.2. The molecule has 1 unspecified atom stereocenters. The van der Waals surface area contributed by atoms with E-state index in [9.17, 15) is 8.42 Å². The molecule has 20 heavy (non-hydrogen) atoms. The molecule has 0 radical (unpaired) electrons. The van der Waals surface area contributed by atoms with Crippen LogP contribution in [-0.4, -0.2) is 25.3 Å². The van der Waals surface area contributed by atoms with Gasteiger partial charge in [0.15, 0.2) is 0 Å². The fourth-order valence-corrected chi connectivity index (χ4v) is 4.02. The van der Waals surface area contributed by atoms with Crippen molar-refractivity contribution in [3.8, 4) is 0 Å². The molecule has 0 aromatic heterocycles. The molecule has 0 spiro atoms. The zero-order valence-electron chi connectivity index (χ0n) is 12.7. The highest BCUT2D eigenvalue weighted by Gasteiger charge is 2.26. The van der Waals surface area contributed by atoms with Crippen molar-refractivity contribution in [2.75, 3.05) is 12.3 Å². The zero-order valence-corrected chi connectivity index (χ0v) is 13.5. The van der Waals surface area contributed by atoms with Crippen LogP contribution in [0.4, 0.5) is 5.69 Å². The van der Waals surface area contributed by atoms with E-state index in [-0.39, 0.29) is 11.8 Å². The summed E-state index contributed by atoms with van der Waals surface area (Å²) in [5, 5.41) is 0. The summed E-state index contributed by atoms with van der Waals surface area (Å²) < 4.78 is 26.9. The van der Waals surface area contributed by atoms with Crippen LogP contribution < -0.4 is 5.73 Å². The van der Waals surface area contributed by atoms with Crippen molar-refractivity contribution in [1.82, 2.24) is 4.31 Å². The maximum atomic E-state index is 12.6. The van der Waals surface area contributed by atoms with E-state index in [1.165, 1.54) is 0 Å². The van der Waals surface area contributed by atoms with E-state index in [0.717, 1.165) is 19.3 Å². The van der Waals surface area contributed by atoms with Crippen LogP contribution >= 0.6 is 0 Å². The van der Waals surface area contributed by atoms with E-state index >= 15 is 0 Å². The number of nitrogen functional groups attached to an aromatic ring is 1. The van der Waals surface area contributed by atoms with Gasteiger partial charge in [0.1, 0.15) is 0 Å². The van der Waals surface area contributed by atoms with Crippen molar-refractivity contribution in [3.63, 3.8) is 0 Å². The highest BCUT2D eigenvalue weighted by molar-refractivity contribution is 7.88. The van der Waals surface area contributed by atoms with Crippen LogP contribution in [0.3, 0.4) is 0 Å². The van der Waals surface area contributed by atoms with Crippen LogP contribution in [0.15, 0.2) is 24.3 Å². The summed E-state index contributed by atoms with van der Waals surface area (Å²) in [5.41, 5.74) is 7.07. The first-order chi connectivity index (χ1) is 9.42. The molecule has 0 saturated heterocycles. The molecule has 1 rings (SSSR count). The predicted octanol–water partition coefficient (Wildman–Crippen LogP) is 3.00. The molecule has 1 aromatic carbocycles. The minimum atomic E-state index is -3.33. The van der Waals surface area contributed by atoms with Crippen LogP contribution in [-0.2, 0) is 15.8 Å². The minimum absolute atomic E-state index is 0.0201. The molecule has 5 heteroatoms. The molecule has 0 bridgehead atoms. The Balaban J connectivity index is 2.95. The van der Waals surface area contributed by atoms with E-state index in [0.29, 0.717) is 17.8 Å². The van der Waals surface area contributed by atoms with E-state index in [1.807, 2.05) is 26.0 Å². The fraction of sp³-hybridized carbons (Fsp3) is 0.600. The number of hydrogen-bond donors (Lipinski definition) is 1. The quantitative estimate of drug-likeness (QED) is 0.750. The van der Waals surface area contributed by atoms with E-state index in [2.05, 4.69) is 6.92 Å². The van der Waals surface area contributed by atoms with Crippen molar-refractivity contribution >= 4 is 15.7 Å². The highest BCUT2D eigenvalue weighted by atomic mass is 32.2. The molecule has 0 aliphatic rings. The van der Waals surface area contributed by atoms with Crippen molar-refractivity contribution in [2.24, 2.45) is 0 Å². The van der Waals surface area contributed by atoms with Crippen LogP contribution in [0.2, 0.25) is 0 Å². The summed E-state index contributed by atoms with van der Waals surface area (Å²) in [7, 11) is -3.33. The lowest BCUT2D eigenvalue weighted by molar-refractivity contribution is 0.324. The van der Waals surface area contributed by atoms with Gasteiger partial charge in [-0.3, -0.25) is 0 Å². The van der Waals surface area contributed by atoms with E-state index in [4.69, 9.17) is 5.73 Å². The van der Waals surface area contributed by atoms with Crippen LogP contribution in [0, 0.1) is 0 Å². The number of unbranched alkanes of at least 4 members (excludes halogenated alkanes) is 1. The number of benzene rings is 1. The predicted molar refractivity (Wildman–Crippen MR) is 84.8 cm³/mol. The molecule has 4 nitrogen and oxygen atoms in total. The van der Waals surface area contributed by atoms with Gasteiger partial charge in [0.25, 0.3) is 0 Å². The third-order valence-electron chi connectivity index (χ3n) is 3.56. The van der Waals surface area contributed by atoms with Gasteiger partial charge in [-0.15, -0.1) is 0 Å². The van der Waals surface area contributed by atoms with E-state index in [1.54, 1.807) is 16.4 Å². The monoisotopic (exact) mass is 298 g/mol. The van der Waals surface area contributed by atoms with Gasteiger partial charge in [-0.2, -0.15) is 4.31 Å². The molecule has 114 valence electrons. The van der Waals surface area contributed by atoms with Gasteiger partial charge in [-0.1, -0.05) is 38.5 Å². The Hall–Kier alpha value is -1.07. The number of nitrogens with zero attached hydrogens (tertiary/aromatic N) is 1. The highest BCUT2D eigenvalue weighted by Crippen LogP contribution is 2.20. The molecule has 0 amide bonds. The fourth-order valence-electron chi connectivity index (χ4n) is 2.10. The van der Waals surface area contributed by atoms with Crippen molar-refractivity contribution in [1.29, 1.82) is 0 Å². The SMILES string of the molecule is CCCCN(C(C)CC)S(=O)(=O)Cc1ccccc1N. The van der Waals surface area contributed by atoms with Crippen molar-refractivity contribution in [3.05, 3.63) is 29.8 Å². The summed E-state index contributed by atoms with van der Waals surface area (Å²) in [6.07, 6.45) is 2.68. The minimum Gasteiger partial charge on any atom is -0.398 e. The molecular formula is C15H26N2O2S. The first-order valence-corrected chi connectivity index (χ1v) is 8.86. The topological polar surface area (TPSA) is 63.4 Å². The second kappa shape index (κ2) is 7.64. The van der Waals surface area contributed by atoms with Gasteiger partial charge in [-0.05, 0) is 31.4 Å². The largest absolute Gasteiger partial charge is 0.398 e. The summed E-state index contributed by atoms with van der Waals surface area (Å²) in [6, 6.07) is 7.18. The average Bonchev–Trinajstić information content (AvgIpc) is 2.41. The smallest absolute Gasteiger partial charge is 0.218 e. The number of sulfonamides is 1. The third-order valence-corrected chi connectivity index (χ3v) is 5.50. The van der Waals surface area contributed by atoms with Crippen LogP contribution in [0.1, 0.15) is 45.6 Å². The molecule has 0 fully saturated rings. The summed E-state index contributed by atoms with van der Waals surface area (Å²) >= 11 is 0. The first-order valence-electron chi connectivity index (χ1n) is 7.25. The number of nitrogens with two attached hydrogens (primary N) is 1. The Morgan fingerprint density at radius 3 is 2.45 bits per heavy atom. The van der Waals surface area contributed by atoms with Crippen LogP contribution in [0.5, 0.6) is 0 Å². The Bertz CT molecular complexity index is 514. The summed E-state index contributed by atoms with van der Waals surface area (Å²) in [5.74, 6) is -0.0201. The summed E-state index contributed by atoms with van der Waals surface area (Å²) in [6.45, 7) is 6.62. The van der Waals surface area contributed by atoms with Gasteiger partial charge in [0, 0.05) is 18.3 Å². The van der Waals surface area contributed by atoms with Gasteiger partial charge in [0.2, 0.25) is 10.0 Å². The number of rotatable bonds is 8. The molecule has 1 aromatic rings. The van der Waals surface area contributed by atoms with Crippen molar-refractivity contribution < 1.29 is 8.42 Å². The van der Waals surface area contributed by atoms with Gasteiger partial charge in [0.05, 0.1) is 5.75 Å². The maximum Gasteiger partial charge on any atom is 0.218 e. The Morgan fingerprint density at radius 2 is 1.90 bits per heavy atom. The van der Waals surface area contributed by atoms with Crippen LogP contribution in [0.25, 0.3) is 0 Å². The molecule has 0 heterocycles. The lowest BCUT2D eigenvalue weighted by atomic mass is 10.2. The average molecular weight is 298 g/mol. The second-order valence-corrected chi connectivity index (χ2v) is 7.10. The number of para-hydroxylation sites is 1. The molecule has 0 aliphatic carbocycles. The Labute approximate surface area is 123 Å². The molecule has 0 aliphatic heterocycles. The van der Waals surface area contributed by atoms with Gasteiger partial charge in [-0.25, -0.2) is 8.42 Å². The lowest BCUT2D eigenvalue weighted by Crippen LogP contribution is -2.39. The van der Waals surface area contributed by atoms with Crippen molar-refractivity contribution in [2.45, 2.75) is 51.8 Å². The number of hydrogen-bond acceptors (Lipinski definition) is 3. The van der Waals surface area contributed by atoms with Gasteiger partial charge >= 0.3 is 0 Å². The van der Waals surface area contributed by atoms with E-state index < -0.39 is 10.0 Å². The normalized spacial score (nSPS) is 13.6. The second-order valence-electron chi connectivity index (χ2n) is 5.18. The standard InChI is InChI=1S/C15H26N2O2S/c1-4-6-11-17(13(3)5-2)20(18,19)12-14-9-7-8-10-15(14)16/h7-10,13H,4-6,11-12,16H2,1-3H3. The van der Waals surface area contributed by atoms with Gasteiger partial charge < -0.3 is 5.73 Å². The first kappa shape index (κ1) is 17.0.